The molecule has 0 spiro atoms. The number of hydrogen-bond acceptors (Lipinski definition) is 6. The number of nitrogens with zero attached hydrogens (tertiary/aromatic N) is 4. The Morgan fingerprint density at radius 2 is 1.87 bits per heavy atom. The molecule has 0 fully saturated rings. The minimum Gasteiger partial charge on any atom is -0.450 e. The molecule has 0 aliphatic heterocycles. The predicted molar refractivity (Wildman–Crippen MR) is 143 cm³/mol. The molecule has 0 bridgehead atoms. The van der Waals surface area contributed by atoms with Gasteiger partial charge in [0.25, 0.3) is 0 Å². The topological polar surface area (TPSA) is 103 Å². The molecule has 0 saturated heterocycles. The Morgan fingerprint density at radius 1 is 1.16 bits per heavy atom. The SMILES string of the molecule is C[Si](C)(C)CCOCn1cc(Cl)c2c(Oc3c(F)cc(NC(=O)NCc4cncnc4)cc3F)ccnc21. The number of amides is 2. The Bertz CT molecular complexity index is 1410. The maximum Gasteiger partial charge on any atom is 0.319 e. The molecule has 9 nitrogen and oxygen atoms in total. The van der Waals surface area contributed by atoms with Crippen LogP contribution in [-0.4, -0.2) is 40.2 Å². The zero-order valence-corrected chi connectivity index (χ0v) is 22.9. The van der Waals surface area contributed by atoms with Gasteiger partial charge in [0.15, 0.2) is 17.4 Å². The van der Waals surface area contributed by atoms with E-state index in [4.69, 9.17) is 21.1 Å². The summed E-state index contributed by atoms with van der Waals surface area (Å²) in [7, 11) is -1.24. The summed E-state index contributed by atoms with van der Waals surface area (Å²) in [5.41, 5.74) is 1.03. The molecular weight excluding hydrogens is 534 g/mol. The summed E-state index contributed by atoms with van der Waals surface area (Å²) in [5, 5.41) is 5.64. The largest absolute Gasteiger partial charge is 0.450 e. The van der Waals surface area contributed by atoms with E-state index in [0.717, 1.165) is 18.2 Å². The molecule has 4 aromatic rings. The molecule has 0 saturated carbocycles. The smallest absolute Gasteiger partial charge is 0.319 e. The van der Waals surface area contributed by atoms with Crippen molar-refractivity contribution in [2.75, 3.05) is 11.9 Å². The van der Waals surface area contributed by atoms with Crippen LogP contribution in [0.2, 0.25) is 30.7 Å². The van der Waals surface area contributed by atoms with Crippen LogP contribution in [0.3, 0.4) is 0 Å². The van der Waals surface area contributed by atoms with E-state index < -0.39 is 31.5 Å². The molecule has 3 aromatic heterocycles. The van der Waals surface area contributed by atoms with Crippen molar-refractivity contribution in [3.8, 4) is 11.5 Å². The third-order valence-corrected chi connectivity index (χ3v) is 7.43. The summed E-state index contributed by atoms with van der Waals surface area (Å²) < 4.78 is 42.9. The summed E-state index contributed by atoms with van der Waals surface area (Å²) in [6.07, 6.45) is 7.54. The number of rotatable bonds is 10. The first-order chi connectivity index (χ1) is 18.1. The third-order valence-electron chi connectivity index (χ3n) is 5.43. The molecule has 1 aromatic carbocycles. The highest BCUT2D eigenvalue weighted by molar-refractivity contribution is 6.76. The van der Waals surface area contributed by atoms with Gasteiger partial charge in [-0.2, -0.15) is 0 Å². The molecular formula is C25H27ClF2N6O3Si. The van der Waals surface area contributed by atoms with E-state index in [1.54, 1.807) is 10.8 Å². The molecule has 4 rings (SSSR count). The number of urea groups is 1. The van der Waals surface area contributed by atoms with Crippen LogP contribution in [0.25, 0.3) is 11.0 Å². The average Bonchev–Trinajstić information content (AvgIpc) is 3.19. The molecule has 0 unspecified atom stereocenters. The number of fused-ring (bicyclic) bond motifs is 1. The summed E-state index contributed by atoms with van der Waals surface area (Å²) in [4.78, 5) is 24.2. The van der Waals surface area contributed by atoms with Crippen molar-refractivity contribution >= 4 is 42.4 Å². The average molecular weight is 561 g/mol. The van der Waals surface area contributed by atoms with Crippen LogP contribution in [0.15, 0.2) is 49.3 Å². The lowest BCUT2D eigenvalue weighted by atomic mass is 10.2. The molecule has 0 atom stereocenters. The van der Waals surface area contributed by atoms with E-state index in [2.05, 4.69) is 45.2 Å². The van der Waals surface area contributed by atoms with Crippen molar-refractivity contribution in [2.24, 2.45) is 0 Å². The van der Waals surface area contributed by atoms with Crippen LogP contribution in [0.4, 0.5) is 19.3 Å². The van der Waals surface area contributed by atoms with Crippen molar-refractivity contribution in [3.05, 3.63) is 71.5 Å². The predicted octanol–water partition coefficient (Wildman–Crippen LogP) is 6.18. The third kappa shape index (κ3) is 7.03. The van der Waals surface area contributed by atoms with Crippen molar-refractivity contribution < 1.29 is 23.0 Å². The zero-order chi connectivity index (χ0) is 27.3. The van der Waals surface area contributed by atoms with Gasteiger partial charge >= 0.3 is 6.03 Å². The van der Waals surface area contributed by atoms with E-state index in [-0.39, 0.29) is 24.7 Å². The van der Waals surface area contributed by atoms with E-state index in [1.807, 2.05) is 0 Å². The van der Waals surface area contributed by atoms with Gasteiger partial charge in [0.05, 0.1) is 10.4 Å². The summed E-state index contributed by atoms with van der Waals surface area (Å²) in [6.45, 7) is 7.77. The van der Waals surface area contributed by atoms with Crippen LogP contribution in [0, 0.1) is 11.6 Å². The number of carbonyl (C=O) groups is 1. The highest BCUT2D eigenvalue weighted by Gasteiger charge is 2.20. The number of anilines is 1. The van der Waals surface area contributed by atoms with Crippen LogP contribution >= 0.6 is 11.6 Å². The van der Waals surface area contributed by atoms with Gasteiger partial charge in [-0.1, -0.05) is 31.2 Å². The maximum absolute atomic E-state index is 14.9. The fourth-order valence-electron chi connectivity index (χ4n) is 3.48. The van der Waals surface area contributed by atoms with Gasteiger partial charge in [-0.05, 0) is 12.1 Å². The van der Waals surface area contributed by atoms with Gasteiger partial charge in [0.1, 0.15) is 24.5 Å². The number of benzene rings is 1. The number of nitrogens with one attached hydrogen (secondary N) is 2. The molecule has 38 heavy (non-hydrogen) atoms. The second-order valence-corrected chi connectivity index (χ2v) is 15.8. The molecule has 0 aliphatic rings. The van der Waals surface area contributed by atoms with E-state index in [1.165, 1.54) is 31.0 Å². The van der Waals surface area contributed by atoms with E-state index in [0.29, 0.717) is 28.2 Å². The van der Waals surface area contributed by atoms with Gasteiger partial charge in [0, 0.05) is 69.4 Å². The maximum atomic E-state index is 14.9. The van der Waals surface area contributed by atoms with Crippen LogP contribution in [-0.2, 0) is 18.0 Å². The minimum absolute atomic E-state index is 0.0892. The van der Waals surface area contributed by atoms with Crippen LogP contribution in [0.5, 0.6) is 11.5 Å². The lowest BCUT2D eigenvalue weighted by molar-refractivity contribution is 0.0899. The van der Waals surface area contributed by atoms with Gasteiger partial charge in [-0.3, -0.25) is 0 Å². The van der Waals surface area contributed by atoms with Gasteiger partial charge in [-0.15, -0.1) is 0 Å². The number of carbonyl (C=O) groups excluding carboxylic acids is 1. The van der Waals surface area contributed by atoms with E-state index >= 15 is 0 Å². The molecule has 3 heterocycles. The highest BCUT2D eigenvalue weighted by Crippen LogP contribution is 2.37. The normalized spacial score (nSPS) is 11.5. The first kappa shape index (κ1) is 27.4. The zero-order valence-electron chi connectivity index (χ0n) is 21.1. The Balaban J connectivity index is 1.46. The lowest BCUT2D eigenvalue weighted by Crippen LogP contribution is -2.28. The van der Waals surface area contributed by atoms with Crippen molar-refractivity contribution in [1.29, 1.82) is 0 Å². The fraction of sp³-hybridized carbons (Fsp3) is 0.280. The molecule has 200 valence electrons. The number of pyridine rings is 1. The van der Waals surface area contributed by atoms with Crippen LogP contribution in [0.1, 0.15) is 5.56 Å². The highest BCUT2D eigenvalue weighted by atomic mass is 35.5. The van der Waals surface area contributed by atoms with Crippen molar-refractivity contribution in [3.63, 3.8) is 0 Å². The second kappa shape index (κ2) is 11.8. The molecule has 0 radical (unpaired) electrons. The summed E-state index contributed by atoms with van der Waals surface area (Å²) in [5.74, 6) is -2.53. The number of halogens is 3. The van der Waals surface area contributed by atoms with Crippen molar-refractivity contribution in [1.82, 2.24) is 24.8 Å². The number of ether oxygens (including phenoxy) is 2. The summed E-state index contributed by atoms with van der Waals surface area (Å²) >= 11 is 6.43. The van der Waals surface area contributed by atoms with Gasteiger partial charge in [0.2, 0.25) is 0 Å². The molecule has 2 amide bonds. The quantitative estimate of drug-likeness (QED) is 0.177. The van der Waals surface area contributed by atoms with Gasteiger partial charge < -0.3 is 24.7 Å². The first-order valence-corrected chi connectivity index (χ1v) is 15.9. The van der Waals surface area contributed by atoms with Gasteiger partial charge in [-0.25, -0.2) is 28.5 Å². The standard InChI is InChI=1S/C25H27ClF2N6O3Si/c1-38(2,3)7-6-36-15-34-13-18(26)22-21(4-5-31-24(22)34)37-23-19(27)8-17(9-20(23)28)33-25(35)32-12-16-10-29-14-30-11-16/h4-5,8-11,13-14H,6-7,12,15H2,1-3H3,(H2,32,33,35). The first-order valence-electron chi connectivity index (χ1n) is 11.8. The Kier molecular flexibility index (Phi) is 8.54. The fourth-order valence-corrected chi connectivity index (χ4v) is 4.53. The van der Waals surface area contributed by atoms with Crippen molar-refractivity contribution in [2.45, 2.75) is 39.0 Å². The minimum atomic E-state index is -1.24. The monoisotopic (exact) mass is 560 g/mol. The second-order valence-electron chi connectivity index (χ2n) is 9.73. The molecule has 2 N–H and O–H groups in total. The molecule has 0 aliphatic carbocycles. The van der Waals surface area contributed by atoms with E-state index in [9.17, 15) is 13.6 Å². The molecule has 13 heteroatoms. The van der Waals surface area contributed by atoms with Crippen LogP contribution < -0.4 is 15.4 Å². The number of aromatic nitrogens is 4. The Morgan fingerprint density at radius 3 is 2.55 bits per heavy atom. The Labute approximate surface area is 224 Å². The Hall–Kier alpha value is -3.61. The lowest BCUT2D eigenvalue weighted by Gasteiger charge is -2.15. The number of hydrogen-bond donors (Lipinski definition) is 2. The summed E-state index contributed by atoms with van der Waals surface area (Å²) in [6, 6.07) is 3.74.